The summed E-state index contributed by atoms with van der Waals surface area (Å²) in [6, 6.07) is 15.2. The summed E-state index contributed by atoms with van der Waals surface area (Å²) in [7, 11) is 1.82. The van der Waals surface area contributed by atoms with E-state index in [9.17, 15) is 4.79 Å². The number of carbonyl (C=O) groups excluding carboxylic acids is 1. The summed E-state index contributed by atoms with van der Waals surface area (Å²) >= 11 is 0. The minimum atomic E-state index is -0.0467. The molecule has 1 fully saturated rings. The summed E-state index contributed by atoms with van der Waals surface area (Å²) in [4.78, 5) is 17.0. The zero-order valence-corrected chi connectivity index (χ0v) is 22.5. The van der Waals surface area contributed by atoms with Gasteiger partial charge in [-0.2, -0.15) is 0 Å². The molecule has 7 nitrogen and oxygen atoms in total. The van der Waals surface area contributed by atoms with Crippen LogP contribution in [-0.2, 0) is 0 Å². The van der Waals surface area contributed by atoms with Crippen molar-refractivity contribution >= 4 is 17.3 Å². The molecule has 36 heavy (non-hydrogen) atoms. The highest BCUT2D eigenvalue weighted by Crippen LogP contribution is 2.29. The van der Waals surface area contributed by atoms with Gasteiger partial charge in [0, 0.05) is 66.6 Å². The minimum absolute atomic E-state index is 0.0467. The van der Waals surface area contributed by atoms with E-state index >= 15 is 0 Å². The van der Waals surface area contributed by atoms with Crippen LogP contribution in [-0.4, -0.2) is 42.8 Å². The number of amides is 1. The maximum atomic E-state index is 12.5. The molecule has 0 bridgehead atoms. The molecule has 0 unspecified atom stereocenters. The van der Waals surface area contributed by atoms with Crippen molar-refractivity contribution in [1.29, 1.82) is 5.41 Å². The number of rotatable bonds is 7. The average Bonchev–Trinajstić information content (AvgIpc) is 2.88. The maximum Gasteiger partial charge on any atom is 0.251 e. The summed E-state index contributed by atoms with van der Waals surface area (Å²) in [5, 5.41) is 17.2. The van der Waals surface area contributed by atoms with E-state index < -0.39 is 0 Å². The van der Waals surface area contributed by atoms with Crippen LogP contribution in [0.1, 0.15) is 56.1 Å². The first-order chi connectivity index (χ1) is 17.4. The van der Waals surface area contributed by atoms with E-state index in [1.165, 1.54) is 0 Å². The fourth-order valence-electron chi connectivity index (χ4n) is 3.62. The van der Waals surface area contributed by atoms with Crippen LogP contribution >= 0.6 is 0 Å². The maximum absolute atomic E-state index is 12.5. The molecular weight excluding hydrogens is 450 g/mol. The van der Waals surface area contributed by atoms with Crippen LogP contribution in [0.15, 0.2) is 54.7 Å². The monoisotopic (exact) mass is 489 g/mol. The number of hydrogen-bond donors (Lipinski definition) is 4. The molecule has 4 N–H and O–H groups in total. The predicted octanol–water partition coefficient (Wildman–Crippen LogP) is 6.03. The van der Waals surface area contributed by atoms with Crippen LogP contribution in [0.25, 0.3) is 11.3 Å². The van der Waals surface area contributed by atoms with Gasteiger partial charge in [0.05, 0.1) is 11.7 Å². The molecule has 3 aromatic rings. The van der Waals surface area contributed by atoms with Gasteiger partial charge in [0.25, 0.3) is 5.91 Å². The Morgan fingerprint density at radius 3 is 2.25 bits per heavy atom. The summed E-state index contributed by atoms with van der Waals surface area (Å²) < 4.78 is 6.05. The van der Waals surface area contributed by atoms with E-state index in [0.717, 1.165) is 41.2 Å². The van der Waals surface area contributed by atoms with Gasteiger partial charge >= 0.3 is 0 Å². The molecule has 0 spiro atoms. The van der Waals surface area contributed by atoms with Crippen molar-refractivity contribution in [3.63, 3.8) is 0 Å². The van der Waals surface area contributed by atoms with Crippen LogP contribution in [0.2, 0.25) is 0 Å². The van der Waals surface area contributed by atoms with Gasteiger partial charge in [-0.15, -0.1) is 0 Å². The number of aryl methyl sites for hydroxylation is 1. The fourth-order valence-corrected chi connectivity index (χ4v) is 3.62. The van der Waals surface area contributed by atoms with Gasteiger partial charge in [-0.25, -0.2) is 0 Å². The van der Waals surface area contributed by atoms with E-state index in [-0.39, 0.29) is 11.9 Å². The largest absolute Gasteiger partial charge is 0.457 e. The zero-order chi connectivity index (χ0) is 26.7. The average molecular weight is 490 g/mol. The van der Waals surface area contributed by atoms with Crippen LogP contribution < -0.4 is 20.7 Å². The summed E-state index contributed by atoms with van der Waals surface area (Å²) in [5.74, 6) is 1.29. The van der Waals surface area contributed by atoms with Gasteiger partial charge in [-0.3, -0.25) is 9.78 Å². The lowest BCUT2D eigenvalue weighted by molar-refractivity contribution is 0.0923. The van der Waals surface area contributed by atoms with Crippen molar-refractivity contribution in [1.82, 2.24) is 15.6 Å². The molecule has 1 aromatic heterocycles. The molecule has 1 aliphatic heterocycles. The number of aromatic nitrogens is 1. The van der Waals surface area contributed by atoms with E-state index in [1.807, 2.05) is 84.1 Å². The molecule has 4 rings (SSSR count). The summed E-state index contributed by atoms with van der Waals surface area (Å²) in [5.41, 5.74) is 5.42. The number of nitrogens with one attached hydrogen (secondary N) is 4. The van der Waals surface area contributed by atoms with Crippen molar-refractivity contribution < 1.29 is 9.53 Å². The zero-order valence-electron chi connectivity index (χ0n) is 22.5. The topological polar surface area (TPSA) is 99.1 Å². The van der Waals surface area contributed by atoms with Crippen LogP contribution in [0, 0.1) is 12.3 Å². The van der Waals surface area contributed by atoms with E-state index in [0.29, 0.717) is 22.8 Å². The number of carbonyl (C=O) groups is 1. The van der Waals surface area contributed by atoms with E-state index in [4.69, 9.17) is 10.1 Å². The van der Waals surface area contributed by atoms with E-state index in [1.54, 1.807) is 19.2 Å². The first-order valence-corrected chi connectivity index (χ1v) is 12.6. The number of hydrogen-bond acceptors (Lipinski definition) is 6. The number of pyridine rings is 1. The van der Waals surface area contributed by atoms with Crippen LogP contribution in [0.3, 0.4) is 0 Å². The van der Waals surface area contributed by atoms with Crippen molar-refractivity contribution in [3.05, 3.63) is 71.4 Å². The molecular formula is C29H39N5O2. The first-order valence-electron chi connectivity index (χ1n) is 12.6. The molecule has 0 radical (unpaired) electrons. The fraction of sp³-hybridized carbons (Fsp3) is 0.345. The third kappa shape index (κ3) is 7.15. The Bertz CT molecular complexity index is 1170. The molecule has 192 valence electrons. The number of benzene rings is 2. The number of ether oxygens (including phenoxy) is 1. The highest BCUT2D eigenvalue weighted by molar-refractivity contribution is 6.01. The molecule has 7 heteroatoms. The third-order valence-corrected chi connectivity index (χ3v) is 5.51. The van der Waals surface area contributed by atoms with Crippen molar-refractivity contribution in [3.8, 4) is 22.8 Å². The third-order valence-electron chi connectivity index (χ3n) is 5.51. The Hall–Kier alpha value is -3.71. The van der Waals surface area contributed by atoms with Crippen LogP contribution in [0.5, 0.6) is 11.5 Å². The Kier molecular flexibility index (Phi) is 11.1. The smallest absolute Gasteiger partial charge is 0.251 e. The second-order valence-corrected chi connectivity index (χ2v) is 7.92. The minimum Gasteiger partial charge on any atom is -0.457 e. The molecule has 2 heterocycles. The molecule has 2 aromatic carbocycles. The predicted molar refractivity (Wildman–Crippen MR) is 150 cm³/mol. The Morgan fingerprint density at radius 1 is 1.00 bits per heavy atom. The number of nitrogens with zero attached hydrogens (tertiary/aromatic N) is 1. The van der Waals surface area contributed by atoms with E-state index in [2.05, 4.69) is 20.9 Å². The van der Waals surface area contributed by atoms with Crippen LogP contribution in [0.4, 0.5) is 5.69 Å². The van der Waals surface area contributed by atoms with Gasteiger partial charge < -0.3 is 26.1 Å². The Morgan fingerprint density at radius 2 is 1.67 bits per heavy atom. The van der Waals surface area contributed by atoms with Gasteiger partial charge in [0.1, 0.15) is 11.5 Å². The van der Waals surface area contributed by atoms with Gasteiger partial charge in [0.2, 0.25) is 0 Å². The summed E-state index contributed by atoms with van der Waals surface area (Å²) in [6.07, 6.45) is 1.71. The van der Waals surface area contributed by atoms with Gasteiger partial charge in [0.15, 0.2) is 0 Å². The summed E-state index contributed by atoms with van der Waals surface area (Å²) in [6.45, 7) is 13.3. The lowest BCUT2D eigenvalue weighted by atomic mass is 10.0. The second-order valence-electron chi connectivity index (χ2n) is 7.92. The quantitative estimate of drug-likeness (QED) is 0.304. The lowest BCUT2D eigenvalue weighted by Crippen LogP contribution is -2.57. The van der Waals surface area contributed by atoms with Gasteiger partial charge in [-0.1, -0.05) is 33.8 Å². The highest BCUT2D eigenvalue weighted by atomic mass is 16.5. The molecule has 1 aliphatic rings. The first kappa shape index (κ1) is 28.5. The normalized spacial score (nSPS) is 12.1. The lowest BCUT2D eigenvalue weighted by Gasteiger charge is -2.28. The van der Waals surface area contributed by atoms with Gasteiger partial charge in [-0.05, 0) is 49.7 Å². The Balaban J connectivity index is 0.00000109. The number of anilines is 1. The molecule has 0 aliphatic carbocycles. The van der Waals surface area contributed by atoms with Crippen molar-refractivity contribution in [2.45, 2.75) is 47.6 Å². The van der Waals surface area contributed by atoms with Crippen molar-refractivity contribution in [2.24, 2.45) is 0 Å². The molecule has 0 saturated carbocycles. The van der Waals surface area contributed by atoms with Crippen molar-refractivity contribution in [2.75, 3.05) is 25.5 Å². The molecule has 0 atom stereocenters. The standard InChI is InChI=1S/C25H27N5O2.2C2H6/c1-15-10-17(4-6-21(15)25(31)30-18-13-28-14-18)23-11-20(8-9-29-23)32-19-5-7-22(16(2)26)24(12-19)27-3;2*1-2/h4-12,18,26-28H,13-14H2,1-3H3,(H,30,31);2*1-2H3. The molecule has 1 amide bonds. The highest BCUT2D eigenvalue weighted by Gasteiger charge is 2.20. The Labute approximate surface area is 215 Å². The second kappa shape index (κ2) is 14.0. The SMILES string of the molecule is CC.CC.CNc1cc(Oc2ccnc(-c3ccc(C(=O)NC4CNC4)c(C)c3)c2)ccc1C(C)=N. The molecule has 1 saturated heterocycles.